The van der Waals surface area contributed by atoms with Crippen LogP contribution in [0.15, 0.2) is 36.5 Å². The van der Waals surface area contributed by atoms with E-state index in [4.69, 9.17) is 9.72 Å². The molecule has 2 aliphatic heterocycles. The molecule has 3 heterocycles. The summed E-state index contributed by atoms with van der Waals surface area (Å²) in [6.07, 6.45) is 2.60. The number of nitrogens with one attached hydrogen (secondary N) is 2. The second kappa shape index (κ2) is 10.1. The summed E-state index contributed by atoms with van der Waals surface area (Å²) in [7, 11) is 1.81. The van der Waals surface area contributed by atoms with Gasteiger partial charge in [-0.3, -0.25) is 9.78 Å². The van der Waals surface area contributed by atoms with Crippen molar-refractivity contribution in [2.24, 2.45) is 0 Å². The molecule has 2 aliphatic rings. The minimum absolute atomic E-state index is 0.112. The normalized spacial score (nSPS) is 18.1. The number of ether oxygens (including phenoxy) is 1. The number of fused-ring (bicyclic) bond motifs is 1. The van der Waals surface area contributed by atoms with E-state index < -0.39 is 11.6 Å². The van der Waals surface area contributed by atoms with Gasteiger partial charge in [-0.1, -0.05) is 0 Å². The first-order chi connectivity index (χ1) is 17.0. The number of hydrogen-bond acceptors (Lipinski definition) is 7. The van der Waals surface area contributed by atoms with Gasteiger partial charge in [0.15, 0.2) is 0 Å². The summed E-state index contributed by atoms with van der Waals surface area (Å²) in [5, 5.41) is 6.51. The molecule has 0 unspecified atom stereocenters. The largest absolute Gasteiger partial charge is 0.379 e. The van der Waals surface area contributed by atoms with Crippen molar-refractivity contribution < 1.29 is 18.3 Å². The minimum Gasteiger partial charge on any atom is -0.379 e. The minimum atomic E-state index is -0.642. The molecule has 0 saturated carbocycles. The zero-order valence-electron chi connectivity index (χ0n) is 19.6. The Kier molecular flexibility index (Phi) is 6.74. The quantitative estimate of drug-likeness (QED) is 0.559. The molecule has 0 radical (unpaired) electrons. The summed E-state index contributed by atoms with van der Waals surface area (Å²) >= 11 is 0. The predicted octanol–water partition coefficient (Wildman–Crippen LogP) is 2.79. The number of hydrogen-bond donors (Lipinski definition) is 2. The van der Waals surface area contributed by atoms with Gasteiger partial charge in [-0.05, 0) is 42.8 Å². The molecule has 2 fully saturated rings. The Bertz CT molecular complexity index is 1210. The van der Waals surface area contributed by atoms with Crippen LogP contribution in [0.3, 0.4) is 0 Å². The van der Waals surface area contributed by atoms with E-state index in [0.717, 1.165) is 25.6 Å². The summed E-state index contributed by atoms with van der Waals surface area (Å²) in [5.41, 5.74) is 2.66. The standard InChI is InChI=1S/C25H28F2N6O2/c1-32(20-2-3-28-14-20)25(34)17-10-21(29-13-16-8-18(26)12-19(27)9-16)24-22(11-17)30-15-23(31-24)33-4-6-35-7-5-33/h8-12,15,20,28-29H,2-7,13-14H2,1H3/t20-/m0/s1. The molecule has 1 amide bonds. The molecule has 5 rings (SSSR count). The van der Waals surface area contributed by atoms with Crippen molar-refractivity contribution in [3.05, 3.63) is 59.3 Å². The molecular formula is C25H28F2N6O2. The highest BCUT2D eigenvalue weighted by Crippen LogP contribution is 2.27. The molecule has 2 aromatic carbocycles. The van der Waals surface area contributed by atoms with Gasteiger partial charge < -0.3 is 25.2 Å². The Morgan fingerprint density at radius 2 is 1.97 bits per heavy atom. The maximum atomic E-state index is 13.7. The van der Waals surface area contributed by atoms with Crippen molar-refractivity contribution in [2.45, 2.75) is 19.0 Å². The van der Waals surface area contributed by atoms with Gasteiger partial charge in [0.05, 0.1) is 30.6 Å². The van der Waals surface area contributed by atoms with Crippen LogP contribution in [0.4, 0.5) is 20.3 Å². The number of anilines is 2. The lowest BCUT2D eigenvalue weighted by Gasteiger charge is -2.28. The van der Waals surface area contributed by atoms with Crippen molar-refractivity contribution in [2.75, 3.05) is 56.7 Å². The van der Waals surface area contributed by atoms with Crippen molar-refractivity contribution >= 4 is 28.4 Å². The first-order valence-electron chi connectivity index (χ1n) is 11.8. The molecule has 0 bridgehead atoms. The van der Waals surface area contributed by atoms with Crippen molar-refractivity contribution in [1.29, 1.82) is 0 Å². The molecule has 2 N–H and O–H groups in total. The Labute approximate surface area is 202 Å². The fourth-order valence-corrected chi connectivity index (χ4v) is 4.56. The number of morpholine rings is 1. The summed E-state index contributed by atoms with van der Waals surface area (Å²) in [6, 6.07) is 7.01. The Morgan fingerprint density at radius 3 is 2.69 bits per heavy atom. The van der Waals surface area contributed by atoms with E-state index in [-0.39, 0.29) is 18.5 Å². The molecule has 35 heavy (non-hydrogen) atoms. The van der Waals surface area contributed by atoms with Gasteiger partial charge in [0.25, 0.3) is 5.91 Å². The van der Waals surface area contributed by atoms with Crippen LogP contribution < -0.4 is 15.5 Å². The predicted molar refractivity (Wildman–Crippen MR) is 130 cm³/mol. The van der Waals surface area contributed by atoms with E-state index in [1.165, 1.54) is 12.1 Å². The van der Waals surface area contributed by atoms with Crippen LogP contribution in [-0.2, 0) is 11.3 Å². The summed E-state index contributed by atoms with van der Waals surface area (Å²) < 4.78 is 32.9. The van der Waals surface area contributed by atoms with Gasteiger partial charge in [-0.2, -0.15) is 0 Å². The van der Waals surface area contributed by atoms with Crippen molar-refractivity contribution in [1.82, 2.24) is 20.2 Å². The third kappa shape index (κ3) is 5.18. The van der Waals surface area contributed by atoms with Gasteiger partial charge in [-0.25, -0.2) is 13.8 Å². The van der Waals surface area contributed by atoms with Crippen LogP contribution in [0.5, 0.6) is 0 Å². The molecule has 8 nitrogen and oxygen atoms in total. The molecule has 10 heteroatoms. The van der Waals surface area contributed by atoms with E-state index in [1.54, 1.807) is 30.3 Å². The Hall–Kier alpha value is -3.37. The summed E-state index contributed by atoms with van der Waals surface area (Å²) in [4.78, 5) is 26.6. The van der Waals surface area contributed by atoms with E-state index in [1.807, 2.05) is 0 Å². The maximum absolute atomic E-state index is 13.7. The molecule has 0 aliphatic carbocycles. The van der Waals surface area contributed by atoms with Crippen molar-refractivity contribution in [3.8, 4) is 0 Å². The van der Waals surface area contributed by atoms with Crippen LogP contribution in [0.2, 0.25) is 0 Å². The summed E-state index contributed by atoms with van der Waals surface area (Å²) in [5.74, 6) is -0.679. The topological polar surface area (TPSA) is 82.6 Å². The fraction of sp³-hybridized carbons (Fsp3) is 0.400. The van der Waals surface area contributed by atoms with Gasteiger partial charge >= 0.3 is 0 Å². The van der Waals surface area contributed by atoms with E-state index >= 15 is 0 Å². The van der Waals surface area contributed by atoms with Crippen molar-refractivity contribution in [3.63, 3.8) is 0 Å². The van der Waals surface area contributed by atoms with Crippen LogP contribution >= 0.6 is 0 Å². The van der Waals surface area contributed by atoms with Gasteiger partial charge in [0.1, 0.15) is 23.0 Å². The van der Waals surface area contributed by atoms with E-state index in [9.17, 15) is 13.6 Å². The number of aromatic nitrogens is 2. The number of halogens is 2. The fourth-order valence-electron chi connectivity index (χ4n) is 4.56. The number of benzene rings is 2. The summed E-state index contributed by atoms with van der Waals surface area (Å²) in [6.45, 7) is 4.46. The first-order valence-corrected chi connectivity index (χ1v) is 11.8. The molecule has 3 aromatic rings. The lowest BCUT2D eigenvalue weighted by atomic mass is 10.1. The zero-order valence-corrected chi connectivity index (χ0v) is 19.6. The maximum Gasteiger partial charge on any atom is 0.254 e. The number of nitrogens with zero attached hydrogens (tertiary/aromatic N) is 4. The van der Waals surface area contributed by atoms with Gasteiger partial charge in [-0.15, -0.1) is 0 Å². The Balaban J connectivity index is 1.50. The average molecular weight is 483 g/mol. The Morgan fingerprint density at radius 1 is 1.20 bits per heavy atom. The highest BCUT2D eigenvalue weighted by molar-refractivity contribution is 6.01. The smallest absolute Gasteiger partial charge is 0.254 e. The third-order valence-corrected chi connectivity index (χ3v) is 6.52. The molecule has 1 aromatic heterocycles. The second-order valence-corrected chi connectivity index (χ2v) is 8.91. The lowest BCUT2D eigenvalue weighted by molar-refractivity contribution is 0.0744. The second-order valence-electron chi connectivity index (χ2n) is 8.91. The monoisotopic (exact) mass is 482 g/mol. The SMILES string of the molecule is CN(C(=O)c1cc(NCc2cc(F)cc(F)c2)c2nc(N3CCOCC3)cnc2c1)[C@H]1CCNC1. The number of amides is 1. The molecule has 0 spiro atoms. The van der Waals surface area contributed by atoms with E-state index in [0.29, 0.717) is 60.0 Å². The first kappa shape index (κ1) is 23.4. The average Bonchev–Trinajstić information content (AvgIpc) is 3.41. The number of carbonyl (C=O) groups excluding carboxylic acids is 1. The number of likely N-dealkylation sites (N-methyl/N-ethyl adjacent to an activating group) is 1. The third-order valence-electron chi connectivity index (χ3n) is 6.52. The van der Waals surface area contributed by atoms with Gasteiger partial charge in [0, 0.05) is 50.9 Å². The molecule has 2 saturated heterocycles. The highest BCUT2D eigenvalue weighted by atomic mass is 19.1. The lowest BCUT2D eigenvalue weighted by Crippen LogP contribution is -2.38. The molecule has 1 atom stereocenters. The van der Waals surface area contributed by atoms with Gasteiger partial charge in [0.2, 0.25) is 0 Å². The molecule has 184 valence electrons. The number of rotatable bonds is 6. The van der Waals surface area contributed by atoms with E-state index in [2.05, 4.69) is 20.5 Å². The van der Waals surface area contributed by atoms with Crippen LogP contribution in [0.1, 0.15) is 22.3 Å². The van der Waals surface area contributed by atoms with Crippen LogP contribution in [-0.4, -0.2) is 73.3 Å². The zero-order chi connectivity index (χ0) is 24.4. The highest BCUT2D eigenvalue weighted by Gasteiger charge is 2.25. The molecular weight excluding hydrogens is 454 g/mol. The van der Waals surface area contributed by atoms with Crippen LogP contribution in [0, 0.1) is 11.6 Å². The number of carbonyl (C=O) groups is 1. The van der Waals surface area contributed by atoms with Crippen LogP contribution in [0.25, 0.3) is 11.0 Å².